The van der Waals surface area contributed by atoms with Crippen molar-refractivity contribution in [2.24, 2.45) is 13.0 Å². The summed E-state index contributed by atoms with van der Waals surface area (Å²) in [6.45, 7) is 4.19. The van der Waals surface area contributed by atoms with Crippen molar-refractivity contribution < 1.29 is 5.11 Å². The van der Waals surface area contributed by atoms with E-state index in [1.54, 1.807) is 4.68 Å². The summed E-state index contributed by atoms with van der Waals surface area (Å²) < 4.78 is 1.70. The molecule has 1 aromatic rings. The highest BCUT2D eigenvalue weighted by atomic mass is 16.3. The number of rotatable bonds is 4. The minimum atomic E-state index is -0.303. The van der Waals surface area contributed by atoms with Gasteiger partial charge in [-0.25, -0.2) is 4.98 Å². The van der Waals surface area contributed by atoms with Gasteiger partial charge in [0.1, 0.15) is 12.2 Å². The van der Waals surface area contributed by atoms with Crippen LogP contribution in [0.5, 0.6) is 0 Å². The van der Waals surface area contributed by atoms with E-state index in [4.69, 9.17) is 0 Å². The van der Waals surface area contributed by atoms with Gasteiger partial charge in [0.05, 0.1) is 6.10 Å². The van der Waals surface area contributed by atoms with Crippen molar-refractivity contribution in [2.75, 3.05) is 0 Å². The second-order valence-electron chi connectivity index (χ2n) is 3.79. The van der Waals surface area contributed by atoms with Gasteiger partial charge in [-0.2, -0.15) is 5.10 Å². The highest BCUT2D eigenvalue weighted by Gasteiger charge is 2.10. The predicted molar refractivity (Wildman–Crippen MR) is 50.2 cm³/mol. The topological polar surface area (TPSA) is 50.9 Å². The van der Waals surface area contributed by atoms with Gasteiger partial charge in [-0.05, 0) is 12.3 Å². The molecular weight excluding hydrogens is 166 g/mol. The lowest BCUT2D eigenvalue weighted by Crippen LogP contribution is -2.16. The van der Waals surface area contributed by atoms with Crippen LogP contribution in [-0.2, 0) is 13.5 Å². The van der Waals surface area contributed by atoms with E-state index in [9.17, 15) is 5.11 Å². The van der Waals surface area contributed by atoms with Crippen molar-refractivity contribution in [3.05, 3.63) is 12.2 Å². The quantitative estimate of drug-likeness (QED) is 0.750. The van der Waals surface area contributed by atoms with Crippen molar-refractivity contribution in [3.63, 3.8) is 0 Å². The zero-order chi connectivity index (χ0) is 9.84. The van der Waals surface area contributed by atoms with Gasteiger partial charge in [0, 0.05) is 13.5 Å². The summed E-state index contributed by atoms with van der Waals surface area (Å²) in [6, 6.07) is 0. The normalized spacial score (nSPS) is 13.6. The van der Waals surface area contributed by atoms with E-state index in [-0.39, 0.29) is 6.10 Å². The molecule has 13 heavy (non-hydrogen) atoms. The van der Waals surface area contributed by atoms with Gasteiger partial charge in [-0.1, -0.05) is 13.8 Å². The van der Waals surface area contributed by atoms with Crippen LogP contribution in [0.4, 0.5) is 0 Å². The molecule has 0 bridgehead atoms. The van der Waals surface area contributed by atoms with Crippen LogP contribution in [0.15, 0.2) is 6.33 Å². The van der Waals surface area contributed by atoms with Crippen LogP contribution in [0, 0.1) is 5.92 Å². The smallest absolute Gasteiger partial charge is 0.138 e. The lowest BCUT2D eigenvalue weighted by molar-refractivity contribution is 0.145. The Morgan fingerprint density at radius 3 is 2.69 bits per heavy atom. The third kappa shape index (κ3) is 3.14. The minimum absolute atomic E-state index is 0.303. The molecule has 0 aliphatic rings. The summed E-state index contributed by atoms with van der Waals surface area (Å²) in [7, 11) is 1.84. The molecule has 0 amide bonds. The molecule has 0 aliphatic carbocycles. The lowest BCUT2D eigenvalue weighted by Gasteiger charge is -2.11. The maximum absolute atomic E-state index is 9.63. The van der Waals surface area contributed by atoms with E-state index in [1.807, 2.05) is 7.05 Å². The molecule has 74 valence electrons. The minimum Gasteiger partial charge on any atom is -0.393 e. The van der Waals surface area contributed by atoms with E-state index in [0.29, 0.717) is 12.3 Å². The molecular formula is C9H17N3O. The highest BCUT2D eigenvalue weighted by Crippen LogP contribution is 2.08. The molecule has 0 radical (unpaired) electrons. The first-order valence-corrected chi connectivity index (χ1v) is 4.60. The van der Waals surface area contributed by atoms with Crippen molar-refractivity contribution in [2.45, 2.75) is 32.8 Å². The first-order chi connectivity index (χ1) is 6.09. The average Bonchev–Trinajstić information content (AvgIpc) is 2.34. The van der Waals surface area contributed by atoms with Gasteiger partial charge in [-0.15, -0.1) is 0 Å². The monoisotopic (exact) mass is 183 g/mol. The number of nitrogens with zero attached hydrogens (tertiary/aromatic N) is 3. The zero-order valence-corrected chi connectivity index (χ0v) is 8.44. The Labute approximate surface area is 78.6 Å². The fourth-order valence-electron chi connectivity index (χ4n) is 1.34. The summed E-state index contributed by atoms with van der Waals surface area (Å²) in [6.07, 6.45) is 2.61. The van der Waals surface area contributed by atoms with E-state index in [0.717, 1.165) is 12.2 Å². The van der Waals surface area contributed by atoms with Gasteiger partial charge in [0.2, 0.25) is 0 Å². The summed E-state index contributed by atoms with van der Waals surface area (Å²) in [5.41, 5.74) is 0. The molecule has 0 saturated heterocycles. The molecule has 1 aromatic heterocycles. The van der Waals surface area contributed by atoms with Crippen molar-refractivity contribution >= 4 is 0 Å². The van der Waals surface area contributed by atoms with Gasteiger partial charge >= 0.3 is 0 Å². The molecule has 1 rings (SSSR count). The Morgan fingerprint density at radius 2 is 2.23 bits per heavy atom. The molecule has 4 nitrogen and oxygen atoms in total. The SMILES string of the molecule is CC(C)CC(O)Cc1ncnn1C. The Balaban J connectivity index is 2.45. The molecule has 4 heteroatoms. The highest BCUT2D eigenvalue weighted by molar-refractivity contribution is 4.86. The maximum atomic E-state index is 9.63. The van der Waals surface area contributed by atoms with Crippen molar-refractivity contribution in [3.8, 4) is 0 Å². The van der Waals surface area contributed by atoms with Gasteiger partial charge in [0.25, 0.3) is 0 Å². The second-order valence-corrected chi connectivity index (χ2v) is 3.79. The largest absolute Gasteiger partial charge is 0.393 e. The molecule has 1 unspecified atom stereocenters. The predicted octanol–water partition coefficient (Wildman–Crippen LogP) is 0.765. The fourth-order valence-corrected chi connectivity index (χ4v) is 1.34. The Kier molecular flexibility index (Phi) is 3.42. The van der Waals surface area contributed by atoms with Crippen molar-refractivity contribution in [1.29, 1.82) is 0 Å². The first kappa shape index (κ1) is 10.2. The summed E-state index contributed by atoms with van der Waals surface area (Å²) in [5, 5.41) is 13.6. The van der Waals surface area contributed by atoms with Crippen LogP contribution < -0.4 is 0 Å². The van der Waals surface area contributed by atoms with Gasteiger partial charge in [-0.3, -0.25) is 4.68 Å². The third-order valence-corrected chi connectivity index (χ3v) is 1.97. The zero-order valence-electron chi connectivity index (χ0n) is 8.44. The van der Waals surface area contributed by atoms with Crippen LogP contribution in [0.1, 0.15) is 26.1 Å². The van der Waals surface area contributed by atoms with Crippen LogP contribution in [-0.4, -0.2) is 26.0 Å². The molecule has 0 saturated carbocycles. The molecule has 1 atom stereocenters. The molecule has 0 aliphatic heterocycles. The summed E-state index contributed by atoms with van der Waals surface area (Å²) in [5.74, 6) is 1.36. The van der Waals surface area contributed by atoms with Gasteiger partial charge < -0.3 is 5.11 Å². The number of aliphatic hydroxyl groups is 1. The molecule has 0 spiro atoms. The first-order valence-electron chi connectivity index (χ1n) is 4.60. The molecule has 1 heterocycles. The average molecular weight is 183 g/mol. The number of aryl methyl sites for hydroxylation is 1. The lowest BCUT2D eigenvalue weighted by atomic mass is 10.0. The molecule has 0 aromatic carbocycles. The van der Waals surface area contributed by atoms with E-state index in [1.165, 1.54) is 6.33 Å². The standard InChI is InChI=1S/C9H17N3O/c1-7(2)4-8(13)5-9-10-6-11-12(9)3/h6-8,13H,4-5H2,1-3H3. The molecule has 0 fully saturated rings. The van der Waals surface area contributed by atoms with Crippen LogP contribution in [0.3, 0.4) is 0 Å². The van der Waals surface area contributed by atoms with Crippen LogP contribution >= 0.6 is 0 Å². The van der Waals surface area contributed by atoms with Crippen LogP contribution in [0.25, 0.3) is 0 Å². The van der Waals surface area contributed by atoms with E-state index < -0.39 is 0 Å². The Morgan fingerprint density at radius 1 is 1.54 bits per heavy atom. The summed E-state index contributed by atoms with van der Waals surface area (Å²) in [4.78, 5) is 4.05. The molecule has 1 N–H and O–H groups in total. The number of hydrogen-bond acceptors (Lipinski definition) is 3. The third-order valence-electron chi connectivity index (χ3n) is 1.97. The number of hydrogen-bond donors (Lipinski definition) is 1. The maximum Gasteiger partial charge on any atom is 0.138 e. The fraction of sp³-hybridized carbons (Fsp3) is 0.778. The van der Waals surface area contributed by atoms with E-state index in [2.05, 4.69) is 23.9 Å². The Hall–Kier alpha value is -0.900. The van der Waals surface area contributed by atoms with Gasteiger partial charge in [0.15, 0.2) is 0 Å². The van der Waals surface area contributed by atoms with Crippen LogP contribution in [0.2, 0.25) is 0 Å². The van der Waals surface area contributed by atoms with Crippen molar-refractivity contribution in [1.82, 2.24) is 14.8 Å². The van der Waals surface area contributed by atoms with E-state index >= 15 is 0 Å². The Bertz CT molecular complexity index is 257. The second kappa shape index (κ2) is 4.37. The number of aliphatic hydroxyl groups excluding tert-OH is 1. The number of aromatic nitrogens is 3. The summed E-state index contributed by atoms with van der Waals surface area (Å²) >= 11 is 0.